The molecule has 0 spiro atoms. The number of aromatic nitrogens is 1. The van der Waals surface area contributed by atoms with Gasteiger partial charge in [0.2, 0.25) is 0 Å². The van der Waals surface area contributed by atoms with E-state index in [0.29, 0.717) is 48.1 Å². The molecular formula is C25H26ClN5O3. The number of nitrogens with zero attached hydrogens (tertiary/aromatic N) is 3. The molecule has 1 fully saturated rings. The number of carbonyl (C=O) groups is 2. The van der Waals surface area contributed by atoms with Crippen molar-refractivity contribution in [2.24, 2.45) is 0 Å². The van der Waals surface area contributed by atoms with Gasteiger partial charge in [0.25, 0.3) is 5.91 Å². The second-order valence-electron chi connectivity index (χ2n) is 7.95. The van der Waals surface area contributed by atoms with E-state index in [4.69, 9.17) is 16.3 Å². The van der Waals surface area contributed by atoms with Gasteiger partial charge in [-0.05, 0) is 55.0 Å². The maximum atomic E-state index is 12.8. The fraction of sp³-hybridized carbons (Fsp3) is 0.240. The predicted molar refractivity (Wildman–Crippen MR) is 134 cm³/mol. The zero-order chi connectivity index (χ0) is 24.1. The molecule has 1 aromatic heterocycles. The fourth-order valence-electron chi connectivity index (χ4n) is 3.75. The van der Waals surface area contributed by atoms with Crippen molar-refractivity contribution in [2.75, 3.05) is 48.8 Å². The van der Waals surface area contributed by atoms with Crippen molar-refractivity contribution in [3.05, 3.63) is 76.9 Å². The van der Waals surface area contributed by atoms with E-state index < -0.39 is 0 Å². The zero-order valence-corrected chi connectivity index (χ0v) is 19.8. The molecule has 1 aliphatic rings. The van der Waals surface area contributed by atoms with E-state index in [2.05, 4.69) is 20.5 Å². The van der Waals surface area contributed by atoms with Gasteiger partial charge in [0.1, 0.15) is 11.6 Å². The van der Waals surface area contributed by atoms with E-state index in [0.717, 1.165) is 17.1 Å². The van der Waals surface area contributed by atoms with Crippen LogP contribution in [0.15, 0.2) is 60.8 Å². The number of amides is 3. The van der Waals surface area contributed by atoms with Gasteiger partial charge in [-0.1, -0.05) is 17.7 Å². The topological polar surface area (TPSA) is 86.8 Å². The number of aryl methyl sites for hydroxylation is 1. The molecular weight excluding hydrogens is 454 g/mol. The summed E-state index contributed by atoms with van der Waals surface area (Å²) in [6.45, 7) is 4.41. The monoisotopic (exact) mass is 479 g/mol. The van der Waals surface area contributed by atoms with Crippen LogP contribution in [0.3, 0.4) is 0 Å². The lowest BCUT2D eigenvalue weighted by atomic mass is 10.1. The van der Waals surface area contributed by atoms with E-state index in [-0.39, 0.29) is 11.9 Å². The smallest absolute Gasteiger partial charge is 0.321 e. The Morgan fingerprint density at radius 2 is 1.79 bits per heavy atom. The number of anilines is 3. The Labute approximate surface area is 203 Å². The number of ether oxygens (including phenoxy) is 1. The van der Waals surface area contributed by atoms with E-state index in [1.165, 1.54) is 0 Å². The molecule has 8 nitrogen and oxygen atoms in total. The van der Waals surface area contributed by atoms with Gasteiger partial charge in [-0.3, -0.25) is 4.79 Å². The third-order valence-electron chi connectivity index (χ3n) is 5.66. The molecule has 3 amide bonds. The number of rotatable bonds is 5. The van der Waals surface area contributed by atoms with Crippen molar-refractivity contribution >= 4 is 40.7 Å². The van der Waals surface area contributed by atoms with E-state index in [1.807, 2.05) is 25.1 Å². The van der Waals surface area contributed by atoms with Crippen molar-refractivity contribution in [1.82, 2.24) is 9.88 Å². The lowest BCUT2D eigenvalue weighted by Gasteiger charge is -2.35. The molecule has 0 atom stereocenters. The first kappa shape index (κ1) is 23.4. The zero-order valence-electron chi connectivity index (χ0n) is 19.0. The minimum absolute atomic E-state index is 0.155. The van der Waals surface area contributed by atoms with Crippen LogP contribution in [-0.4, -0.2) is 55.1 Å². The number of nitrogens with one attached hydrogen (secondary N) is 2. The van der Waals surface area contributed by atoms with Crippen LogP contribution in [0.4, 0.5) is 22.0 Å². The summed E-state index contributed by atoms with van der Waals surface area (Å²) in [5.41, 5.74) is 2.66. The highest BCUT2D eigenvalue weighted by molar-refractivity contribution is 6.31. The summed E-state index contributed by atoms with van der Waals surface area (Å²) in [5, 5.41) is 6.34. The third-order valence-corrected chi connectivity index (χ3v) is 5.89. The van der Waals surface area contributed by atoms with Crippen molar-refractivity contribution < 1.29 is 14.3 Å². The SMILES string of the molecule is COc1ccnc(N2CCN(C(=O)Nc3ccc(NC(=O)c4cccc(Cl)c4)cc3C)CC2)c1. The molecule has 0 saturated carbocycles. The minimum Gasteiger partial charge on any atom is -0.497 e. The average molecular weight is 480 g/mol. The van der Waals surface area contributed by atoms with Crippen LogP contribution >= 0.6 is 11.6 Å². The normalized spacial score (nSPS) is 13.4. The maximum Gasteiger partial charge on any atom is 0.321 e. The number of pyridine rings is 1. The Hall–Kier alpha value is -3.78. The Balaban J connectivity index is 1.33. The Bertz CT molecular complexity index is 1190. The van der Waals surface area contributed by atoms with Gasteiger partial charge in [-0.25, -0.2) is 9.78 Å². The summed E-state index contributed by atoms with van der Waals surface area (Å²) in [6.07, 6.45) is 1.72. The van der Waals surface area contributed by atoms with E-state index in [1.54, 1.807) is 54.6 Å². The van der Waals surface area contributed by atoms with E-state index >= 15 is 0 Å². The number of urea groups is 1. The predicted octanol–water partition coefficient (Wildman–Crippen LogP) is 4.66. The first-order valence-corrected chi connectivity index (χ1v) is 11.3. The molecule has 2 N–H and O–H groups in total. The molecule has 0 aliphatic carbocycles. The number of carbonyl (C=O) groups excluding carboxylic acids is 2. The van der Waals surface area contributed by atoms with Crippen LogP contribution in [0.5, 0.6) is 5.75 Å². The molecule has 3 aromatic rings. The van der Waals surface area contributed by atoms with Crippen molar-refractivity contribution in [3.8, 4) is 5.75 Å². The summed E-state index contributed by atoms with van der Waals surface area (Å²) in [7, 11) is 1.63. The number of halogens is 1. The van der Waals surface area contributed by atoms with Crippen LogP contribution in [0.1, 0.15) is 15.9 Å². The van der Waals surface area contributed by atoms with E-state index in [9.17, 15) is 9.59 Å². The lowest BCUT2D eigenvalue weighted by Crippen LogP contribution is -2.50. The molecule has 9 heteroatoms. The van der Waals surface area contributed by atoms with Gasteiger partial charge >= 0.3 is 6.03 Å². The van der Waals surface area contributed by atoms with Crippen molar-refractivity contribution in [3.63, 3.8) is 0 Å². The molecule has 1 aliphatic heterocycles. The number of benzene rings is 2. The maximum absolute atomic E-state index is 12.8. The first-order chi connectivity index (χ1) is 16.4. The van der Waals surface area contributed by atoms with Gasteiger partial charge < -0.3 is 25.2 Å². The summed E-state index contributed by atoms with van der Waals surface area (Å²) in [6, 6.07) is 15.7. The molecule has 0 bridgehead atoms. The molecule has 0 unspecified atom stereocenters. The molecule has 1 saturated heterocycles. The van der Waals surface area contributed by atoms with Crippen LogP contribution in [-0.2, 0) is 0 Å². The van der Waals surface area contributed by atoms with Crippen LogP contribution in [0, 0.1) is 6.92 Å². The number of hydrogen-bond donors (Lipinski definition) is 2. The van der Waals surface area contributed by atoms with Crippen molar-refractivity contribution in [1.29, 1.82) is 0 Å². The van der Waals surface area contributed by atoms with Gasteiger partial charge in [0, 0.05) is 60.4 Å². The third kappa shape index (κ3) is 5.58. The summed E-state index contributed by atoms with van der Waals surface area (Å²) >= 11 is 5.97. The highest BCUT2D eigenvalue weighted by Gasteiger charge is 2.22. The van der Waals surface area contributed by atoms with Crippen LogP contribution in [0.2, 0.25) is 5.02 Å². The molecule has 0 radical (unpaired) electrons. The number of piperazine rings is 1. The second-order valence-corrected chi connectivity index (χ2v) is 8.39. The van der Waals surface area contributed by atoms with Gasteiger partial charge in [0.05, 0.1) is 7.11 Å². The Morgan fingerprint density at radius 3 is 2.50 bits per heavy atom. The summed E-state index contributed by atoms with van der Waals surface area (Å²) in [5.74, 6) is 1.35. The standard InChI is InChI=1S/C25H26ClN5O3/c1-17-14-20(28-24(32)18-4-3-5-19(26)15-18)6-7-22(17)29-25(33)31-12-10-30(11-13-31)23-16-21(34-2)8-9-27-23/h3-9,14-16H,10-13H2,1-2H3,(H,28,32)(H,29,33). The highest BCUT2D eigenvalue weighted by Crippen LogP contribution is 2.23. The molecule has 176 valence electrons. The van der Waals surface area contributed by atoms with Crippen molar-refractivity contribution in [2.45, 2.75) is 6.92 Å². The molecule has 2 aromatic carbocycles. The van der Waals surface area contributed by atoms with Gasteiger partial charge in [-0.2, -0.15) is 0 Å². The largest absolute Gasteiger partial charge is 0.497 e. The Kier molecular flexibility index (Phi) is 7.18. The minimum atomic E-state index is -0.248. The second kappa shape index (κ2) is 10.4. The summed E-state index contributed by atoms with van der Waals surface area (Å²) < 4.78 is 5.27. The number of hydrogen-bond acceptors (Lipinski definition) is 5. The fourth-order valence-corrected chi connectivity index (χ4v) is 3.94. The Morgan fingerprint density at radius 1 is 1.00 bits per heavy atom. The highest BCUT2D eigenvalue weighted by atomic mass is 35.5. The quantitative estimate of drug-likeness (QED) is 0.556. The molecule has 2 heterocycles. The molecule has 34 heavy (non-hydrogen) atoms. The average Bonchev–Trinajstić information content (AvgIpc) is 2.85. The summed E-state index contributed by atoms with van der Waals surface area (Å²) in [4.78, 5) is 33.6. The first-order valence-electron chi connectivity index (χ1n) is 10.9. The lowest BCUT2D eigenvalue weighted by molar-refractivity contribution is 0.102. The van der Waals surface area contributed by atoms with Crippen LogP contribution < -0.4 is 20.3 Å². The van der Waals surface area contributed by atoms with Crippen LogP contribution in [0.25, 0.3) is 0 Å². The van der Waals surface area contributed by atoms with Gasteiger partial charge in [-0.15, -0.1) is 0 Å². The van der Waals surface area contributed by atoms with Gasteiger partial charge in [0.15, 0.2) is 0 Å². The molecule has 4 rings (SSSR count). The number of methoxy groups -OCH3 is 1.